The van der Waals surface area contributed by atoms with Crippen molar-refractivity contribution in [2.24, 2.45) is 5.10 Å². The zero-order valence-corrected chi connectivity index (χ0v) is 14.6. The number of nitrogens with zero attached hydrogens (tertiary/aromatic N) is 1. The van der Waals surface area contributed by atoms with Gasteiger partial charge in [0.1, 0.15) is 5.75 Å². The van der Waals surface area contributed by atoms with E-state index in [1.807, 2.05) is 6.92 Å². The van der Waals surface area contributed by atoms with Gasteiger partial charge in [-0.3, -0.25) is 4.79 Å². The van der Waals surface area contributed by atoms with Gasteiger partial charge in [0.05, 0.1) is 5.02 Å². The molecule has 1 rings (SSSR count). The lowest BCUT2D eigenvalue weighted by Gasteiger charge is -2.07. The molecule has 1 aromatic rings. The van der Waals surface area contributed by atoms with Gasteiger partial charge in [-0.1, -0.05) is 47.3 Å². The first-order valence-electron chi connectivity index (χ1n) is 6.92. The van der Waals surface area contributed by atoms with Crippen molar-refractivity contribution in [2.45, 2.75) is 39.5 Å². The third-order valence-electron chi connectivity index (χ3n) is 2.77. The van der Waals surface area contributed by atoms with Crippen LogP contribution in [0.15, 0.2) is 27.8 Å². The number of hydrogen-bond acceptors (Lipinski definition) is 3. The third kappa shape index (κ3) is 7.48. The van der Waals surface area contributed by atoms with Crippen molar-refractivity contribution in [1.82, 2.24) is 5.43 Å². The number of rotatable bonds is 8. The summed E-state index contributed by atoms with van der Waals surface area (Å²) in [5.41, 5.74) is 3.40. The highest BCUT2D eigenvalue weighted by Crippen LogP contribution is 2.27. The lowest BCUT2D eigenvalue weighted by molar-refractivity contribution is -0.123. The molecule has 1 aromatic carbocycles. The van der Waals surface area contributed by atoms with Crippen molar-refractivity contribution in [3.05, 3.63) is 27.7 Å². The molecule has 0 unspecified atom stereocenters. The van der Waals surface area contributed by atoms with Gasteiger partial charge in [0, 0.05) is 10.2 Å². The van der Waals surface area contributed by atoms with Crippen LogP contribution in [-0.4, -0.2) is 18.2 Å². The molecule has 116 valence electrons. The van der Waals surface area contributed by atoms with Gasteiger partial charge in [-0.2, -0.15) is 5.10 Å². The highest BCUT2D eigenvalue weighted by Gasteiger charge is 2.06. The highest BCUT2D eigenvalue weighted by atomic mass is 79.9. The van der Waals surface area contributed by atoms with Crippen molar-refractivity contribution in [3.63, 3.8) is 0 Å². The van der Waals surface area contributed by atoms with Crippen molar-refractivity contribution >= 4 is 39.1 Å². The van der Waals surface area contributed by atoms with E-state index >= 15 is 0 Å². The number of nitrogens with one attached hydrogen (secondary N) is 1. The average Bonchev–Trinajstić information content (AvgIpc) is 2.44. The van der Waals surface area contributed by atoms with E-state index < -0.39 is 0 Å². The van der Waals surface area contributed by atoms with E-state index in [0.29, 0.717) is 10.8 Å². The minimum absolute atomic E-state index is 0.118. The lowest BCUT2D eigenvalue weighted by atomic mass is 10.1. The Morgan fingerprint density at radius 2 is 2.19 bits per heavy atom. The van der Waals surface area contributed by atoms with Crippen LogP contribution in [-0.2, 0) is 4.79 Å². The zero-order valence-electron chi connectivity index (χ0n) is 12.3. The van der Waals surface area contributed by atoms with Gasteiger partial charge in [-0.05, 0) is 38.0 Å². The molecule has 0 radical (unpaired) electrons. The van der Waals surface area contributed by atoms with E-state index in [-0.39, 0.29) is 12.5 Å². The van der Waals surface area contributed by atoms with Crippen LogP contribution >= 0.6 is 27.5 Å². The molecule has 4 nitrogen and oxygen atoms in total. The molecule has 0 aliphatic rings. The Morgan fingerprint density at radius 3 is 2.86 bits per heavy atom. The summed E-state index contributed by atoms with van der Waals surface area (Å²) in [5.74, 6) is 0.169. The number of amides is 1. The quantitative estimate of drug-likeness (QED) is 0.411. The van der Waals surface area contributed by atoms with E-state index in [4.69, 9.17) is 16.3 Å². The van der Waals surface area contributed by atoms with E-state index in [1.165, 1.54) is 12.8 Å². The largest absolute Gasteiger partial charge is 0.482 e. The monoisotopic (exact) mass is 374 g/mol. The number of ether oxygens (including phenoxy) is 1. The summed E-state index contributed by atoms with van der Waals surface area (Å²) in [6, 6.07) is 5.22. The minimum Gasteiger partial charge on any atom is -0.482 e. The molecule has 1 N–H and O–H groups in total. The summed E-state index contributed by atoms with van der Waals surface area (Å²) < 4.78 is 6.21. The molecule has 1 amide bonds. The maximum absolute atomic E-state index is 11.6. The van der Waals surface area contributed by atoms with Crippen LogP contribution in [0.5, 0.6) is 5.75 Å². The fraction of sp³-hybridized carbons (Fsp3) is 0.467. The molecule has 0 atom stereocenters. The normalized spacial score (nSPS) is 11.3. The maximum atomic E-state index is 11.6. The van der Waals surface area contributed by atoms with Crippen LogP contribution in [0.3, 0.4) is 0 Å². The van der Waals surface area contributed by atoms with Crippen molar-refractivity contribution < 1.29 is 9.53 Å². The number of hydrazone groups is 1. The second kappa shape index (κ2) is 9.79. The summed E-state index contributed by atoms with van der Waals surface area (Å²) in [4.78, 5) is 11.6. The minimum atomic E-state index is -0.302. The first-order valence-corrected chi connectivity index (χ1v) is 8.10. The molecule has 0 bridgehead atoms. The number of halogens is 2. The lowest BCUT2D eigenvalue weighted by Crippen LogP contribution is -2.25. The summed E-state index contributed by atoms with van der Waals surface area (Å²) in [6.07, 6.45) is 4.33. The number of carbonyl (C=O) groups excluding carboxylic acids is 1. The number of hydrogen-bond donors (Lipinski definition) is 1. The first kappa shape index (κ1) is 18.0. The van der Waals surface area contributed by atoms with E-state index in [0.717, 1.165) is 23.0 Å². The molecule has 0 aromatic heterocycles. The molecule has 0 heterocycles. The topological polar surface area (TPSA) is 50.7 Å². The van der Waals surface area contributed by atoms with Crippen molar-refractivity contribution in [2.75, 3.05) is 6.61 Å². The fourth-order valence-corrected chi connectivity index (χ4v) is 2.34. The SMILES string of the molecule is CCCCC/C(C)=N/NC(=O)COc1ccc(Br)cc1Cl. The van der Waals surface area contributed by atoms with Crippen LogP contribution in [0.25, 0.3) is 0 Å². The van der Waals surface area contributed by atoms with E-state index in [9.17, 15) is 4.79 Å². The first-order chi connectivity index (χ1) is 10.0. The van der Waals surface area contributed by atoms with Gasteiger partial charge in [0.2, 0.25) is 0 Å². The summed E-state index contributed by atoms with van der Waals surface area (Å²) >= 11 is 9.30. The molecule has 0 saturated carbocycles. The highest BCUT2D eigenvalue weighted by molar-refractivity contribution is 9.10. The molecule has 6 heteroatoms. The predicted octanol–water partition coefficient (Wildman–Crippen LogP) is 4.55. The average molecular weight is 376 g/mol. The van der Waals surface area contributed by atoms with Crippen LogP contribution in [0.2, 0.25) is 5.02 Å². The molecule has 0 spiro atoms. The Labute approximate surface area is 139 Å². The van der Waals surface area contributed by atoms with Crippen LogP contribution < -0.4 is 10.2 Å². The Bertz CT molecular complexity index is 506. The summed E-state index contributed by atoms with van der Waals surface area (Å²) in [7, 11) is 0. The van der Waals surface area contributed by atoms with Gasteiger partial charge < -0.3 is 4.74 Å². The van der Waals surface area contributed by atoms with Gasteiger partial charge in [-0.15, -0.1) is 0 Å². The Kier molecular flexibility index (Phi) is 8.38. The number of unbranched alkanes of at least 4 members (excludes halogenated alkanes) is 2. The van der Waals surface area contributed by atoms with Crippen LogP contribution in [0.4, 0.5) is 0 Å². The van der Waals surface area contributed by atoms with Crippen LogP contribution in [0.1, 0.15) is 39.5 Å². The van der Waals surface area contributed by atoms with Gasteiger partial charge >= 0.3 is 0 Å². The zero-order chi connectivity index (χ0) is 15.7. The number of benzene rings is 1. The Hall–Kier alpha value is -1.07. The van der Waals surface area contributed by atoms with Gasteiger partial charge in [0.15, 0.2) is 6.61 Å². The Balaban J connectivity index is 2.35. The van der Waals surface area contributed by atoms with Crippen molar-refractivity contribution in [1.29, 1.82) is 0 Å². The maximum Gasteiger partial charge on any atom is 0.277 e. The van der Waals surface area contributed by atoms with E-state index in [1.54, 1.807) is 18.2 Å². The summed E-state index contributed by atoms with van der Waals surface area (Å²) in [6.45, 7) is 3.94. The second-order valence-electron chi connectivity index (χ2n) is 4.70. The van der Waals surface area contributed by atoms with E-state index in [2.05, 4.69) is 33.4 Å². The second-order valence-corrected chi connectivity index (χ2v) is 6.03. The molecule has 0 fully saturated rings. The summed E-state index contributed by atoms with van der Waals surface area (Å²) in [5, 5.41) is 4.50. The molecule has 21 heavy (non-hydrogen) atoms. The van der Waals surface area contributed by atoms with Crippen molar-refractivity contribution in [3.8, 4) is 5.75 Å². The fourth-order valence-electron chi connectivity index (χ4n) is 1.61. The number of carbonyl (C=O) groups is 1. The third-order valence-corrected chi connectivity index (χ3v) is 3.55. The molecule has 0 aliphatic heterocycles. The predicted molar refractivity (Wildman–Crippen MR) is 90.0 cm³/mol. The Morgan fingerprint density at radius 1 is 1.43 bits per heavy atom. The van der Waals surface area contributed by atoms with Gasteiger partial charge in [0.25, 0.3) is 5.91 Å². The van der Waals surface area contributed by atoms with Gasteiger partial charge in [-0.25, -0.2) is 5.43 Å². The standard InChI is InChI=1S/C15H20BrClN2O2/c1-3-4-5-6-11(2)18-19-15(20)10-21-14-8-7-12(16)9-13(14)17/h7-9H,3-6,10H2,1-2H3,(H,19,20)/b18-11+. The molecular formula is C15H20BrClN2O2. The molecule has 0 aliphatic carbocycles. The van der Waals surface area contributed by atoms with Crippen LogP contribution in [0, 0.1) is 0 Å². The molecule has 0 saturated heterocycles. The molecular weight excluding hydrogens is 356 g/mol. The smallest absolute Gasteiger partial charge is 0.277 e.